The topological polar surface area (TPSA) is 41.6 Å². The number of benzene rings is 2. The normalized spacial score (nSPS) is 20.2. The summed E-state index contributed by atoms with van der Waals surface area (Å²) in [6.45, 7) is 4.67. The number of amides is 2. The van der Waals surface area contributed by atoms with Gasteiger partial charge in [-0.05, 0) is 54.0 Å². The highest BCUT2D eigenvalue weighted by atomic mass is 16.5. The Hall–Kier alpha value is -2.49. The molecular formula is C22H26N2O2. The largest absolute Gasteiger partial charge is 0.493 e. The van der Waals surface area contributed by atoms with E-state index in [9.17, 15) is 4.79 Å². The van der Waals surface area contributed by atoms with Gasteiger partial charge in [-0.15, -0.1) is 0 Å². The van der Waals surface area contributed by atoms with E-state index >= 15 is 0 Å². The minimum absolute atomic E-state index is 0.0252. The number of hydrogen-bond donors (Lipinski definition) is 1. The van der Waals surface area contributed by atoms with Crippen molar-refractivity contribution in [1.29, 1.82) is 0 Å². The lowest BCUT2D eigenvalue weighted by Crippen LogP contribution is -2.40. The van der Waals surface area contributed by atoms with Crippen LogP contribution in [0.3, 0.4) is 0 Å². The van der Waals surface area contributed by atoms with Crippen molar-refractivity contribution in [2.24, 2.45) is 5.92 Å². The van der Waals surface area contributed by atoms with Gasteiger partial charge in [0.2, 0.25) is 0 Å². The van der Waals surface area contributed by atoms with Crippen LogP contribution in [0.15, 0.2) is 48.5 Å². The Balaban J connectivity index is 1.62. The predicted molar refractivity (Wildman–Crippen MR) is 102 cm³/mol. The second-order valence-electron chi connectivity index (χ2n) is 7.45. The number of likely N-dealkylation sites (tertiary alicyclic amines) is 1. The highest BCUT2D eigenvalue weighted by Crippen LogP contribution is 2.30. The van der Waals surface area contributed by atoms with E-state index in [0.29, 0.717) is 5.92 Å². The molecule has 0 saturated carbocycles. The number of nitrogens with one attached hydrogen (secondary N) is 1. The molecule has 0 spiro atoms. The van der Waals surface area contributed by atoms with Gasteiger partial charge in [0.05, 0.1) is 12.6 Å². The van der Waals surface area contributed by atoms with Crippen molar-refractivity contribution in [2.75, 3.05) is 19.7 Å². The molecular weight excluding hydrogens is 324 g/mol. The second kappa shape index (κ2) is 7.40. The zero-order valence-corrected chi connectivity index (χ0v) is 15.3. The van der Waals surface area contributed by atoms with Crippen LogP contribution >= 0.6 is 0 Å². The van der Waals surface area contributed by atoms with Crippen molar-refractivity contribution < 1.29 is 9.53 Å². The summed E-state index contributed by atoms with van der Waals surface area (Å²) in [4.78, 5) is 14.8. The number of nitrogens with zero attached hydrogens (tertiary/aromatic N) is 1. The van der Waals surface area contributed by atoms with Crippen LogP contribution in [0.25, 0.3) is 0 Å². The highest BCUT2D eigenvalue weighted by molar-refractivity contribution is 5.75. The van der Waals surface area contributed by atoms with E-state index in [2.05, 4.69) is 36.5 Å². The molecule has 2 aliphatic rings. The number of urea groups is 1. The molecule has 136 valence electrons. The fourth-order valence-electron chi connectivity index (χ4n) is 3.90. The van der Waals surface area contributed by atoms with Crippen LogP contribution in [-0.2, 0) is 6.42 Å². The maximum Gasteiger partial charge on any atom is 0.318 e. The Morgan fingerprint density at radius 3 is 2.81 bits per heavy atom. The summed E-state index contributed by atoms with van der Waals surface area (Å²) in [5, 5.41) is 3.27. The first-order valence-corrected chi connectivity index (χ1v) is 9.57. The fourth-order valence-corrected chi connectivity index (χ4v) is 3.90. The average Bonchev–Trinajstić information content (AvgIpc) is 3.13. The molecule has 4 heteroatoms. The molecule has 2 atom stereocenters. The van der Waals surface area contributed by atoms with Crippen LogP contribution in [-0.4, -0.2) is 30.6 Å². The quantitative estimate of drug-likeness (QED) is 0.903. The van der Waals surface area contributed by atoms with Gasteiger partial charge in [0.1, 0.15) is 5.75 Å². The van der Waals surface area contributed by atoms with Gasteiger partial charge in [-0.2, -0.15) is 0 Å². The first-order chi connectivity index (χ1) is 12.7. The average molecular weight is 350 g/mol. The SMILES string of the molecule is CC1CCN(C(=O)NC(c2ccccc2)c2ccc3c(c2)CCCO3)C1. The van der Waals surface area contributed by atoms with E-state index in [-0.39, 0.29) is 12.1 Å². The smallest absolute Gasteiger partial charge is 0.318 e. The van der Waals surface area contributed by atoms with Gasteiger partial charge in [0.25, 0.3) is 0 Å². The second-order valence-corrected chi connectivity index (χ2v) is 7.45. The minimum Gasteiger partial charge on any atom is -0.493 e. The summed E-state index contributed by atoms with van der Waals surface area (Å²) in [5.74, 6) is 1.56. The Morgan fingerprint density at radius 1 is 1.19 bits per heavy atom. The Morgan fingerprint density at radius 2 is 2.04 bits per heavy atom. The van der Waals surface area contributed by atoms with Gasteiger partial charge in [0, 0.05) is 13.1 Å². The molecule has 0 aliphatic carbocycles. The fraction of sp³-hybridized carbons (Fsp3) is 0.409. The molecule has 2 aromatic carbocycles. The van der Waals surface area contributed by atoms with E-state index < -0.39 is 0 Å². The summed E-state index contributed by atoms with van der Waals surface area (Å²) < 4.78 is 5.74. The van der Waals surface area contributed by atoms with E-state index in [1.165, 1.54) is 5.56 Å². The molecule has 1 saturated heterocycles. The summed E-state index contributed by atoms with van der Waals surface area (Å²) in [7, 11) is 0. The lowest BCUT2D eigenvalue weighted by Gasteiger charge is -2.26. The first kappa shape index (κ1) is 17.0. The molecule has 2 aromatic rings. The van der Waals surface area contributed by atoms with Crippen LogP contribution in [0.4, 0.5) is 4.79 Å². The molecule has 4 rings (SSSR count). The van der Waals surface area contributed by atoms with Gasteiger partial charge < -0.3 is 15.0 Å². The van der Waals surface area contributed by atoms with Crippen molar-refractivity contribution in [3.05, 3.63) is 65.2 Å². The van der Waals surface area contributed by atoms with E-state index in [1.54, 1.807) is 0 Å². The molecule has 2 aliphatic heterocycles. The molecule has 1 N–H and O–H groups in total. The van der Waals surface area contributed by atoms with Gasteiger partial charge in [-0.3, -0.25) is 0 Å². The van der Waals surface area contributed by atoms with Gasteiger partial charge in [-0.1, -0.05) is 43.3 Å². The minimum atomic E-state index is -0.146. The summed E-state index contributed by atoms with van der Waals surface area (Å²) in [6, 6.07) is 16.4. The summed E-state index contributed by atoms with van der Waals surface area (Å²) in [5.41, 5.74) is 3.45. The first-order valence-electron chi connectivity index (χ1n) is 9.57. The third-order valence-electron chi connectivity index (χ3n) is 5.38. The molecule has 4 nitrogen and oxygen atoms in total. The lowest BCUT2D eigenvalue weighted by molar-refractivity contribution is 0.205. The van der Waals surface area contributed by atoms with Crippen molar-refractivity contribution >= 4 is 6.03 Å². The van der Waals surface area contributed by atoms with Crippen molar-refractivity contribution in [3.63, 3.8) is 0 Å². The summed E-state index contributed by atoms with van der Waals surface area (Å²) >= 11 is 0. The Kier molecular flexibility index (Phi) is 4.83. The molecule has 0 bridgehead atoms. The van der Waals surface area contributed by atoms with Crippen LogP contribution in [0, 0.1) is 5.92 Å². The monoisotopic (exact) mass is 350 g/mol. The van der Waals surface area contributed by atoms with Crippen LogP contribution < -0.4 is 10.1 Å². The lowest BCUT2D eigenvalue weighted by atomic mass is 9.95. The maximum atomic E-state index is 12.8. The number of carbonyl (C=O) groups excluding carboxylic acids is 1. The third kappa shape index (κ3) is 3.55. The highest BCUT2D eigenvalue weighted by Gasteiger charge is 2.26. The molecule has 26 heavy (non-hydrogen) atoms. The number of carbonyl (C=O) groups is 1. The predicted octanol–water partition coefficient (Wildman–Crippen LogP) is 4.15. The van der Waals surface area contributed by atoms with Crippen molar-refractivity contribution in [3.8, 4) is 5.75 Å². The number of aryl methyl sites for hydroxylation is 1. The molecule has 2 heterocycles. The molecule has 0 radical (unpaired) electrons. The number of fused-ring (bicyclic) bond motifs is 1. The van der Waals surface area contributed by atoms with Gasteiger partial charge >= 0.3 is 6.03 Å². The number of hydrogen-bond acceptors (Lipinski definition) is 2. The summed E-state index contributed by atoms with van der Waals surface area (Å²) in [6.07, 6.45) is 3.16. The molecule has 1 fully saturated rings. The Bertz CT molecular complexity index is 775. The number of rotatable bonds is 3. The van der Waals surface area contributed by atoms with E-state index in [1.807, 2.05) is 29.2 Å². The zero-order chi connectivity index (χ0) is 17.9. The van der Waals surface area contributed by atoms with Gasteiger partial charge in [-0.25, -0.2) is 4.79 Å². The van der Waals surface area contributed by atoms with E-state index in [4.69, 9.17) is 4.74 Å². The third-order valence-corrected chi connectivity index (χ3v) is 5.38. The zero-order valence-electron chi connectivity index (χ0n) is 15.3. The molecule has 2 unspecified atom stereocenters. The number of ether oxygens (including phenoxy) is 1. The van der Waals surface area contributed by atoms with Gasteiger partial charge in [0.15, 0.2) is 0 Å². The Labute approximate surface area is 155 Å². The van der Waals surface area contributed by atoms with Crippen molar-refractivity contribution in [2.45, 2.75) is 32.2 Å². The van der Waals surface area contributed by atoms with Crippen molar-refractivity contribution in [1.82, 2.24) is 10.2 Å². The molecule has 0 aromatic heterocycles. The standard InChI is InChI=1S/C22H26N2O2/c1-16-11-12-24(15-16)22(25)23-21(17-6-3-2-4-7-17)19-9-10-20-18(14-19)8-5-13-26-20/h2-4,6-7,9-10,14,16,21H,5,8,11-13,15H2,1H3,(H,23,25). The maximum absolute atomic E-state index is 12.8. The van der Waals surface area contributed by atoms with Crippen LogP contribution in [0.1, 0.15) is 42.5 Å². The van der Waals surface area contributed by atoms with E-state index in [0.717, 1.165) is 55.8 Å². The van der Waals surface area contributed by atoms with Crippen LogP contribution in [0.2, 0.25) is 0 Å². The molecule has 2 amide bonds. The van der Waals surface area contributed by atoms with Crippen LogP contribution in [0.5, 0.6) is 5.75 Å².